The van der Waals surface area contributed by atoms with Gasteiger partial charge in [0, 0.05) is 16.5 Å². The van der Waals surface area contributed by atoms with E-state index in [4.69, 9.17) is 4.42 Å². The van der Waals surface area contributed by atoms with Gasteiger partial charge < -0.3 is 4.42 Å². The molecule has 4 aromatic rings. The number of hydrogen-bond acceptors (Lipinski definition) is 4. The van der Waals surface area contributed by atoms with Crippen molar-refractivity contribution in [2.24, 2.45) is 0 Å². The van der Waals surface area contributed by atoms with Gasteiger partial charge in [0.15, 0.2) is 11.6 Å². The van der Waals surface area contributed by atoms with E-state index in [1.165, 1.54) is 12.1 Å². The van der Waals surface area contributed by atoms with Gasteiger partial charge in [-0.15, -0.1) is 5.10 Å². The molecule has 7 heteroatoms. The quantitative estimate of drug-likeness (QED) is 0.594. The van der Waals surface area contributed by atoms with Gasteiger partial charge >= 0.3 is 0 Å². The molecule has 2 aromatic heterocycles. The summed E-state index contributed by atoms with van der Waals surface area (Å²) in [4.78, 5) is 16.6. The van der Waals surface area contributed by atoms with Crippen molar-refractivity contribution in [3.05, 3.63) is 65.7 Å². The number of aromatic amines is 1. The van der Waals surface area contributed by atoms with Gasteiger partial charge in [0.25, 0.3) is 5.91 Å². The Morgan fingerprint density at radius 1 is 1.16 bits per heavy atom. The number of anilines is 1. The molecule has 4 rings (SSSR count). The maximum absolute atomic E-state index is 13.0. The number of carbonyl (C=O) groups is 1. The van der Waals surface area contributed by atoms with Gasteiger partial charge in [-0.05, 0) is 37.3 Å². The largest absolute Gasteiger partial charge is 0.451 e. The first-order valence-electron chi connectivity index (χ1n) is 7.59. The number of rotatable bonds is 3. The maximum Gasteiger partial charge on any atom is 0.294 e. The molecule has 0 saturated carbocycles. The fourth-order valence-corrected chi connectivity index (χ4v) is 2.60. The van der Waals surface area contributed by atoms with Crippen molar-refractivity contribution in [1.82, 2.24) is 15.2 Å². The van der Waals surface area contributed by atoms with E-state index in [-0.39, 0.29) is 17.5 Å². The fourth-order valence-electron chi connectivity index (χ4n) is 2.60. The smallest absolute Gasteiger partial charge is 0.294 e. The molecule has 0 radical (unpaired) electrons. The van der Waals surface area contributed by atoms with Crippen molar-refractivity contribution >= 4 is 22.8 Å². The Labute approximate surface area is 141 Å². The predicted octanol–water partition coefficient (Wildman–Crippen LogP) is 3.92. The summed E-state index contributed by atoms with van der Waals surface area (Å²) in [6.07, 6.45) is 0. The molecule has 0 fully saturated rings. The number of hydrogen-bond donors (Lipinski definition) is 2. The van der Waals surface area contributed by atoms with Crippen LogP contribution in [0, 0.1) is 12.7 Å². The third kappa shape index (κ3) is 2.76. The van der Waals surface area contributed by atoms with Crippen molar-refractivity contribution in [3.8, 4) is 11.4 Å². The molecular formula is C18H13FN4O2. The van der Waals surface area contributed by atoms with Crippen LogP contribution in [0.2, 0.25) is 0 Å². The number of para-hydroxylation sites is 1. The number of nitrogens with one attached hydrogen (secondary N) is 2. The lowest BCUT2D eigenvalue weighted by Crippen LogP contribution is -2.13. The van der Waals surface area contributed by atoms with Crippen LogP contribution < -0.4 is 5.32 Å². The number of amides is 1. The van der Waals surface area contributed by atoms with E-state index < -0.39 is 5.91 Å². The average Bonchev–Trinajstić information content (AvgIpc) is 3.21. The van der Waals surface area contributed by atoms with Crippen LogP contribution >= 0.6 is 0 Å². The van der Waals surface area contributed by atoms with Crippen LogP contribution in [-0.4, -0.2) is 21.1 Å². The highest BCUT2D eigenvalue weighted by atomic mass is 19.1. The number of halogens is 1. The summed E-state index contributed by atoms with van der Waals surface area (Å²) in [5.41, 5.74) is 2.06. The second-order valence-electron chi connectivity index (χ2n) is 5.52. The molecule has 1 amide bonds. The van der Waals surface area contributed by atoms with Crippen LogP contribution in [0.25, 0.3) is 22.4 Å². The minimum atomic E-state index is -0.432. The molecule has 0 spiro atoms. The highest BCUT2D eigenvalue weighted by Crippen LogP contribution is 2.25. The number of furan rings is 1. The molecule has 0 bridgehead atoms. The highest BCUT2D eigenvalue weighted by Gasteiger charge is 2.19. The van der Waals surface area contributed by atoms with Gasteiger partial charge in [0.2, 0.25) is 5.95 Å². The Bertz CT molecular complexity index is 1070. The van der Waals surface area contributed by atoms with E-state index in [1.54, 1.807) is 18.2 Å². The van der Waals surface area contributed by atoms with Crippen LogP contribution in [0.4, 0.5) is 10.3 Å². The number of aryl methyl sites for hydroxylation is 1. The third-order valence-corrected chi connectivity index (χ3v) is 3.88. The Hall–Kier alpha value is -3.48. The summed E-state index contributed by atoms with van der Waals surface area (Å²) in [5.74, 6) is -0.00866. The normalized spacial score (nSPS) is 11.0. The van der Waals surface area contributed by atoms with E-state index in [9.17, 15) is 9.18 Å². The molecule has 0 aliphatic heterocycles. The second-order valence-corrected chi connectivity index (χ2v) is 5.52. The molecule has 25 heavy (non-hydrogen) atoms. The van der Waals surface area contributed by atoms with Crippen molar-refractivity contribution in [2.75, 3.05) is 5.32 Å². The van der Waals surface area contributed by atoms with E-state index in [0.29, 0.717) is 17.0 Å². The second kappa shape index (κ2) is 5.86. The Morgan fingerprint density at radius 3 is 2.68 bits per heavy atom. The van der Waals surface area contributed by atoms with Gasteiger partial charge in [-0.2, -0.15) is 4.98 Å². The Balaban J connectivity index is 1.58. The lowest BCUT2D eigenvalue weighted by atomic mass is 10.1. The van der Waals surface area contributed by atoms with Gasteiger partial charge in [-0.1, -0.05) is 18.2 Å². The zero-order valence-electron chi connectivity index (χ0n) is 13.2. The summed E-state index contributed by atoms with van der Waals surface area (Å²) < 4.78 is 18.6. The number of nitrogens with zero attached hydrogens (tertiary/aromatic N) is 2. The zero-order chi connectivity index (χ0) is 17.4. The molecule has 0 unspecified atom stereocenters. The number of fused-ring (bicyclic) bond motifs is 1. The summed E-state index contributed by atoms with van der Waals surface area (Å²) in [6.45, 7) is 1.82. The van der Waals surface area contributed by atoms with Crippen molar-refractivity contribution in [3.63, 3.8) is 0 Å². The van der Waals surface area contributed by atoms with Crippen molar-refractivity contribution in [1.29, 1.82) is 0 Å². The molecule has 6 nitrogen and oxygen atoms in total. The number of aromatic nitrogens is 3. The first-order valence-corrected chi connectivity index (χ1v) is 7.59. The van der Waals surface area contributed by atoms with Gasteiger partial charge in [0.05, 0.1) is 0 Å². The summed E-state index contributed by atoms with van der Waals surface area (Å²) in [7, 11) is 0. The van der Waals surface area contributed by atoms with E-state index in [0.717, 1.165) is 10.9 Å². The van der Waals surface area contributed by atoms with Crippen LogP contribution in [0.5, 0.6) is 0 Å². The van der Waals surface area contributed by atoms with Crippen LogP contribution in [-0.2, 0) is 0 Å². The molecule has 0 saturated heterocycles. The molecule has 2 N–H and O–H groups in total. The first-order chi connectivity index (χ1) is 12.1. The number of H-pyrrole nitrogens is 1. The number of benzene rings is 2. The minimum Gasteiger partial charge on any atom is -0.451 e. The summed E-state index contributed by atoms with van der Waals surface area (Å²) in [6, 6.07) is 13.2. The monoisotopic (exact) mass is 336 g/mol. The third-order valence-electron chi connectivity index (χ3n) is 3.88. The zero-order valence-corrected chi connectivity index (χ0v) is 13.2. The minimum absolute atomic E-state index is 0.115. The first kappa shape index (κ1) is 15.1. The van der Waals surface area contributed by atoms with Crippen LogP contribution in [0.3, 0.4) is 0 Å². The lowest BCUT2D eigenvalue weighted by molar-refractivity contribution is 0.0997. The molecule has 0 atom stereocenters. The fraction of sp³-hybridized carbons (Fsp3) is 0.0556. The summed E-state index contributed by atoms with van der Waals surface area (Å²) in [5, 5.41) is 10.2. The summed E-state index contributed by atoms with van der Waals surface area (Å²) >= 11 is 0. The molecule has 0 aliphatic carbocycles. The Kier molecular flexibility index (Phi) is 3.53. The molecule has 2 aromatic carbocycles. The van der Waals surface area contributed by atoms with E-state index in [2.05, 4.69) is 20.5 Å². The van der Waals surface area contributed by atoms with Gasteiger partial charge in [-0.25, -0.2) is 4.39 Å². The van der Waals surface area contributed by atoms with Crippen molar-refractivity contribution in [2.45, 2.75) is 6.92 Å². The van der Waals surface area contributed by atoms with Crippen LogP contribution in [0.15, 0.2) is 52.9 Å². The van der Waals surface area contributed by atoms with E-state index >= 15 is 0 Å². The molecule has 0 aliphatic rings. The molecule has 124 valence electrons. The van der Waals surface area contributed by atoms with Gasteiger partial charge in [-0.3, -0.25) is 15.2 Å². The van der Waals surface area contributed by atoms with Crippen molar-refractivity contribution < 1.29 is 13.6 Å². The lowest BCUT2D eigenvalue weighted by Gasteiger charge is -1.98. The Morgan fingerprint density at radius 2 is 1.92 bits per heavy atom. The maximum atomic E-state index is 13.0. The SMILES string of the molecule is Cc1c(C(=O)Nc2n[nH]c(-c3ccc(F)cc3)n2)oc2ccccc12. The van der Waals surface area contributed by atoms with E-state index in [1.807, 2.05) is 25.1 Å². The molecular weight excluding hydrogens is 323 g/mol. The topological polar surface area (TPSA) is 83.8 Å². The average molecular weight is 336 g/mol. The predicted molar refractivity (Wildman–Crippen MR) is 90.7 cm³/mol. The van der Waals surface area contributed by atoms with Gasteiger partial charge in [0.1, 0.15) is 11.4 Å². The highest BCUT2D eigenvalue weighted by molar-refractivity contribution is 6.05. The standard InChI is InChI=1S/C18H13FN4O2/c1-10-13-4-2-3-5-14(13)25-15(10)17(24)21-18-20-16(22-23-18)11-6-8-12(19)9-7-11/h2-9H,1H3,(H2,20,21,22,23,24). The van der Waals surface area contributed by atoms with Crippen LogP contribution in [0.1, 0.15) is 16.1 Å². The molecule has 2 heterocycles. The number of carbonyl (C=O) groups excluding carboxylic acids is 1.